The zero-order chi connectivity index (χ0) is 18.4. The van der Waals surface area contributed by atoms with Crippen molar-refractivity contribution >= 4 is 17.5 Å². The standard InChI is InChI=1S/C22H26ClNO2/c1-2-21(22(25)24-14-13-16-7-10-19(23)11-8-16)26-20-12-9-17-5-3-4-6-18(17)15-20/h7-12,15,21H,2-6,13-14H2,1H3,(H,24,25)/t21-/m0/s1. The van der Waals surface area contributed by atoms with Crippen molar-refractivity contribution in [1.29, 1.82) is 0 Å². The minimum Gasteiger partial charge on any atom is -0.481 e. The summed E-state index contributed by atoms with van der Waals surface area (Å²) in [7, 11) is 0. The summed E-state index contributed by atoms with van der Waals surface area (Å²) in [6.07, 6.45) is 5.72. The zero-order valence-electron chi connectivity index (χ0n) is 15.3. The van der Waals surface area contributed by atoms with Crippen LogP contribution >= 0.6 is 11.6 Å². The van der Waals surface area contributed by atoms with Crippen molar-refractivity contribution in [2.75, 3.05) is 6.54 Å². The van der Waals surface area contributed by atoms with Gasteiger partial charge in [0, 0.05) is 11.6 Å². The fourth-order valence-electron chi connectivity index (χ4n) is 3.36. The average molecular weight is 372 g/mol. The molecule has 0 fully saturated rings. The van der Waals surface area contributed by atoms with Crippen LogP contribution < -0.4 is 10.1 Å². The Morgan fingerprint density at radius 1 is 1.12 bits per heavy atom. The summed E-state index contributed by atoms with van der Waals surface area (Å²) in [5.41, 5.74) is 3.94. The maximum Gasteiger partial charge on any atom is 0.261 e. The summed E-state index contributed by atoms with van der Waals surface area (Å²) in [4.78, 5) is 12.5. The first kappa shape index (κ1) is 18.8. The van der Waals surface area contributed by atoms with Crippen LogP contribution in [-0.2, 0) is 24.1 Å². The van der Waals surface area contributed by atoms with E-state index in [1.807, 2.05) is 37.3 Å². The van der Waals surface area contributed by atoms with Gasteiger partial charge in [-0.05, 0) is 79.5 Å². The Hall–Kier alpha value is -2.00. The second-order valence-corrected chi connectivity index (χ2v) is 7.26. The monoisotopic (exact) mass is 371 g/mol. The summed E-state index contributed by atoms with van der Waals surface area (Å²) >= 11 is 5.89. The minimum absolute atomic E-state index is 0.0563. The smallest absolute Gasteiger partial charge is 0.261 e. The lowest BCUT2D eigenvalue weighted by Crippen LogP contribution is -2.39. The molecule has 0 unspecified atom stereocenters. The second-order valence-electron chi connectivity index (χ2n) is 6.82. The van der Waals surface area contributed by atoms with Crippen LogP contribution in [0.2, 0.25) is 5.02 Å². The highest BCUT2D eigenvalue weighted by Crippen LogP contribution is 2.26. The van der Waals surface area contributed by atoms with E-state index in [1.54, 1.807) is 0 Å². The van der Waals surface area contributed by atoms with Crippen LogP contribution in [0, 0.1) is 0 Å². The first-order valence-electron chi connectivity index (χ1n) is 9.46. The number of halogens is 1. The summed E-state index contributed by atoms with van der Waals surface area (Å²) in [5.74, 6) is 0.740. The van der Waals surface area contributed by atoms with Crippen LogP contribution in [0.1, 0.15) is 42.9 Å². The van der Waals surface area contributed by atoms with Crippen molar-refractivity contribution in [2.24, 2.45) is 0 Å². The lowest BCUT2D eigenvalue weighted by molar-refractivity contribution is -0.128. The molecule has 2 aromatic rings. The van der Waals surface area contributed by atoms with Crippen LogP contribution in [0.5, 0.6) is 5.75 Å². The van der Waals surface area contributed by atoms with Gasteiger partial charge in [-0.3, -0.25) is 4.79 Å². The third-order valence-corrected chi connectivity index (χ3v) is 5.14. The maximum absolute atomic E-state index is 12.5. The van der Waals surface area contributed by atoms with Gasteiger partial charge >= 0.3 is 0 Å². The van der Waals surface area contributed by atoms with E-state index >= 15 is 0 Å². The highest BCUT2D eigenvalue weighted by molar-refractivity contribution is 6.30. The number of carbonyl (C=O) groups is 1. The van der Waals surface area contributed by atoms with E-state index in [1.165, 1.54) is 24.0 Å². The number of nitrogens with one attached hydrogen (secondary N) is 1. The topological polar surface area (TPSA) is 38.3 Å². The van der Waals surface area contributed by atoms with Crippen molar-refractivity contribution in [3.8, 4) is 5.75 Å². The van der Waals surface area contributed by atoms with Gasteiger partial charge < -0.3 is 10.1 Å². The Bertz CT molecular complexity index is 742. The molecule has 2 aromatic carbocycles. The molecule has 1 atom stereocenters. The first-order valence-corrected chi connectivity index (χ1v) is 9.84. The number of hydrogen-bond acceptors (Lipinski definition) is 2. The van der Waals surface area contributed by atoms with Gasteiger partial charge in [-0.2, -0.15) is 0 Å². The van der Waals surface area contributed by atoms with E-state index in [-0.39, 0.29) is 5.91 Å². The molecule has 0 heterocycles. The largest absolute Gasteiger partial charge is 0.481 e. The third-order valence-electron chi connectivity index (χ3n) is 4.89. The highest BCUT2D eigenvalue weighted by Gasteiger charge is 2.19. The fraction of sp³-hybridized carbons (Fsp3) is 0.409. The van der Waals surface area contributed by atoms with E-state index in [4.69, 9.17) is 16.3 Å². The van der Waals surface area contributed by atoms with Gasteiger partial charge in [0.2, 0.25) is 0 Å². The van der Waals surface area contributed by atoms with Crippen molar-refractivity contribution < 1.29 is 9.53 Å². The number of rotatable bonds is 7. The lowest BCUT2D eigenvalue weighted by atomic mass is 9.92. The Morgan fingerprint density at radius 3 is 2.58 bits per heavy atom. The predicted molar refractivity (Wildman–Crippen MR) is 106 cm³/mol. The van der Waals surface area contributed by atoms with Crippen LogP contribution in [0.25, 0.3) is 0 Å². The summed E-state index contributed by atoms with van der Waals surface area (Å²) < 4.78 is 5.98. The molecule has 3 nitrogen and oxygen atoms in total. The Balaban J connectivity index is 1.52. The van der Waals surface area contributed by atoms with Gasteiger partial charge in [-0.15, -0.1) is 0 Å². The third kappa shape index (κ3) is 5.01. The number of carbonyl (C=O) groups excluding carboxylic acids is 1. The van der Waals surface area contributed by atoms with E-state index in [9.17, 15) is 4.79 Å². The van der Waals surface area contributed by atoms with Crippen LogP contribution in [0.3, 0.4) is 0 Å². The second kappa shape index (κ2) is 9.09. The lowest BCUT2D eigenvalue weighted by Gasteiger charge is -2.20. The Labute approximate surface area is 160 Å². The van der Waals surface area contributed by atoms with E-state index in [0.29, 0.717) is 13.0 Å². The van der Waals surface area contributed by atoms with Crippen LogP contribution in [0.4, 0.5) is 0 Å². The molecule has 4 heteroatoms. The Morgan fingerprint density at radius 2 is 1.85 bits per heavy atom. The molecule has 0 saturated heterocycles. The Kier molecular flexibility index (Phi) is 6.56. The van der Waals surface area contributed by atoms with Crippen molar-refractivity contribution in [1.82, 2.24) is 5.32 Å². The van der Waals surface area contributed by atoms with Crippen molar-refractivity contribution in [3.63, 3.8) is 0 Å². The van der Waals surface area contributed by atoms with Crippen LogP contribution in [0.15, 0.2) is 42.5 Å². The van der Waals surface area contributed by atoms with Gasteiger partial charge in [0.1, 0.15) is 5.75 Å². The summed E-state index contributed by atoms with van der Waals surface area (Å²) in [6.45, 7) is 2.56. The minimum atomic E-state index is -0.457. The molecule has 1 amide bonds. The van der Waals surface area contributed by atoms with Crippen LogP contribution in [-0.4, -0.2) is 18.6 Å². The van der Waals surface area contributed by atoms with Gasteiger partial charge in [-0.25, -0.2) is 0 Å². The molecule has 26 heavy (non-hydrogen) atoms. The van der Waals surface area contributed by atoms with Crippen molar-refractivity contribution in [2.45, 2.75) is 51.6 Å². The molecule has 0 radical (unpaired) electrons. The van der Waals surface area contributed by atoms with Gasteiger partial charge in [0.15, 0.2) is 6.10 Å². The molecule has 0 spiro atoms. The summed E-state index contributed by atoms with van der Waals surface area (Å²) in [6, 6.07) is 13.9. The molecular weight excluding hydrogens is 346 g/mol. The SMILES string of the molecule is CC[C@H](Oc1ccc2c(c1)CCCC2)C(=O)NCCc1ccc(Cl)cc1. The molecule has 3 rings (SSSR count). The molecule has 0 aliphatic heterocycles. The zero-order valence-corrected chi connectivity index (χ0v) is 16.0. The summed E-state index contributed by atoms with van der Waals surface area (Å²) in [5, 5.41) is 3.71. The van der Waals surface area contributed by atoms with Crippen molar-refractivity contribution in [3.05, 3.63) is 64.2 Å². The maximum atomic E-state index is 12.5. The van der Waals surface area contributed by atoms with Gasteiger partial charge in [-0.1, -0.05) is 36.7 Å². The van der Waals surface area contributed by atoms with E-state index < -0.39 is 6.10 Å². The number of aryl methyl sites for hydroxylation is 2. The van der Waals surface area contributed by atoms with E-state index in [0.717, 1.165) is 35.6 Å². The number of ether oxygens (including phenoxy) is 1. The first-order chi connectivity index (χ1) is 12.7. The molecule has 1 aliphatic rings. The van der Waals surface area contributed by atoms with Gasteiger partial charge in [0.25, 0.3) is 5.91 Å². The number of hydrogen-bond donors (Lipinski definition) is 1. The molecule has 138 valence electrons. The number of benzene rings is 2. The molecule has 0 aromatic heterocycles. The molecule has 1 N–H and O–H groups in total. The number of fused-ring (bicyclic) bond motifs is 1. The highest BCUT2D eigenvalue weighted by atomic mass is 35.5. The molecule has 1 aliphatic carbocycles. The molecular formula is C22H26ClNO2. The number of amides is 1. The molecule has 0 bridgehead atoms. The fourth-order valence-corrected chi connectivity index (χ4v) is 3.49. The molecule has 0 saturated carbocycles. The predicted octanol–water partition coefficient (Wildman–Crippen LogP) is 4.74. The average Bonchev–Trinajstić information content (AvgIpc) is 2.67. The van der Waals surface area contributed by atoms with E-state index in [2.05, 4.69) is 17.4 Å². The quantitative estimate of drug-likeness (QED) is 0.763. The van der Waals surface area contributed by atoms with Gasteiger partial charge in [0.05, 0.1) is 0 Å². The normalized spacial score (nSPS) is 14.4.